The van der Waals surface area contributed by atoms with E-state index in [4.69, 9.17) is 19.7 Å². The number of fused-ring (bicyclic) bond motifs is 1. The maximum atomic E-state index is 11.8. The highest BCUT2D eigenvalue weighted by molar-refractivity contribution is 5.98. The molecule has 3 N–H and O–H groups in total. The highest BCUT2D eigenvalue weighted by Crippen LogP contribution is 2.26. The van der Waals surface area contributed by atoms with E-state index in [0.29, 0.717) is 24.4 Å². The molecule has 6 heteroatoms. The maximum absolute atomic E-state index is 11.8. The predicted octanol–water partition coefficient (Wildman–Crippen LogP) is 1.73. The van der Waals surface area contributed by atoms with Crippen LogP contribution in [0.1, 0.15) is 29.0 Å². The van der Waals surface area contributed by atoms with Crippen LogP contribution in [-0.2, 0) is 16.1 Å². The van der Waals surface area contributed by atoms with Crippen molar-refractivity contribution in [1.82, 2.24) is 5.43 Å². The molecule has 0 aliphatic carbocycles. The molecule has 1 aromatic heterocycles. The molecule has 0 saturated carbocycles. The Morgan fingerprint density at radius 1 is 1.43 bits per heavy atom. The van der Waals surface area contributed by atoms with Gasteiger partial charge in [-0.2, -0.15) is 0 Å². The Labute approximate surface area is 122 Å². The second kappa shape index (κ2) is 6.26. The first-order chi connectivity index (χ1) is 10.3. The molecule has 1 amide bonds. The zero-order chi connectivity index (χ0) is 14.7. The van der Waals surface area contributed by atoms with Crippen molar-refractivity contribution < 1.29 is 18.7 Å². The van der Waals surface area contributed by atoms with Gasteiger partial charge in [0.05, 0.1) is 19.3 Å². The summed E-state index contributed by atoms with van der Waals surface area (Å²) >= 11 is 0. The van der Waals surface area contributed by atoms with E-state index in [1.165, 1.54) is 0 Å². The zero-order valence-corrected chi connectivity index (χ0v) is 11.6. The van der Waals surface area contributed by atoms with E-state index in [1.54, 1.807) is 0 Å². The molecule has 1 atom stereocenters. The first-order valence-electron chi connectivity index (χ1n) is 7.00. The van der Waals surface area contributed by atoms with Gasteiger partial charge < -0.3 is 13.9 Å². The molecule has 0 bridgehead atoms. The monoisotopic (exact) mass is 290 g/mol. The van der Waals surface area contributed by atoms with Gasteiger partial charge in [0.1, 0.15) is 5.58 Å². The molecule has 1 aromatic carbocycles. The summed E-state index contributed by atoms with van der Waals surface area (Å²) in [6, 6.07) is 7.46. The Kier molecular flexibility index (Phi) is 4.19. The second-order valence-electron chi connectivity index (χ2n) is 5.03. The fourth-order valence-corrected chi connectivity index (χ4v) is 2.56. The molecule has 2 aromatic rings. The largest absolute Gasteiger partial charge is 0.450 e. The lowest BCUT2D eigenvalue weighted by Crippen LogP contribution is -2.30. The van der Waals surface area contributed by atoms with Crippen molar-refractivity contribution in [3.8, 4) is 0 Å². The van der Waals surface area contributed by atoms with Crippen molar-refractivity contribution in [1.29, 1.82) is 0 Å². The average Bonchev–Trinajstić information content (AvgIpc) is 3.14. The van der Waals surface area contributed by atoms with Crippen molar-refractivity contribution in [2.24, 2.45) is 5.84 Å². The standard InChI is InChI=1S/C15H18N2O4/c16-17-15(18)14-12(9-19-8-10-4-3-7-20-10)11-5-1-2-6-13(11)21-14/h1-2,5-6,10H,3-4,7-9,16H2,(H,17,18). The quantitative estimate of drug-likeness (QED) is 0.497. The van der Waals surface area contributed by atoms with Crippen LogP contribution in [0, 0.1) is 0 Å². The fourth-order valence-electron chi connectivity index (χ4n) is 2.56. The van der Waals surface area contributed by atoms with Crippen LogP contribution >= 0.6 is 0 Å². The third-order valence-corrected chi connectivity index (χ3v) is 3.61. The van der Waals surface area contributed by atoms with Gasteiger partial charge in [0.15, 0.2) is 5.76 Å². The number of amides is 1. The maximum Gasteiger partial charge on any atom is 0.301 e. The molecule has 6 nitrogen and oxygen atoms in total. The van der Waals surface area contributed by atoms with E-state index in [-0.39, 0.29) is 11.9 Å². The summed E-state index contributed by atoms with van der Waals surface area (Å²) in [5, 5.41) is 0.864. The summed E-state index contributed by atoms with van der Waals surface area (Å²) in [4.78, 5) is 11.8. The number of nitrogens with one attached hydrogen (secondary N) is 1. The van der Waals surface area contributed by atoms with Crippen molar-refractivity contribution in [2.75, 3.05) is 13.2 Å². The molecule has 1 fully saturated rings. The topological polar surface area (TPSA) is 86.7 Å². The minimum Gasteiger partial charge on any atom is -0.450 e. The minimum atomic E-state index is -0.457. The Hall–Kier alpha value is -1.89. The molecule has 21 heavy (non-hydrogen) atoms. The van der Waals surface area contributed by atoms with Crippen LogP contribution in [-0.4, -0.2) is 25.2 Å². The van der Waals surface area contributed by atoms with Crippen LogP contribution in [0.4, 0.5) is 0 Å². The Morgan fingerprint density at radius 3 is 3.05 bits per heavy atom. The lowest BCUT2D eigenvalue weighted by Gasteiger charge is -2.10. The minimum absolute atomic E-state index is 0.148. The second-order valence-corrected chi connectivity index (χ2v) is 5.03. The number of benzene rings is 1. The predicted molar refractivity (Wildman–Crippen MR) is 76.5 cm³/mol. The van der Waals surface area contributed by atoms with Crippen molar-refractivity contribution in [2.45, 2.75) is 25.6 Å². The number of rotatable bonds is 5. The molecule has 1 aliphatic heterocycles. The first kappa shape index (κ1) is 14.1. The number of carbonyl (C=O) groups is 1. The number of furan rings is 1. The van der Waals surface area contributed by atoms with Gasteiger partial charge in [0.25, 0.3) is 0 Å². The lowest BCUT2D eigenvalue weighted by molar-refractivity contribution is 0.0105. The number of para-hydroxylation sites is 1. The molecule has 3 rings (SSSR count). The van der Waals surface area contributed by atoms with Crippen LogP contribution < -0.4 is 11.3 Å². The van der Waals surface area contributed by atoms with Gasteiger partial charge in [0.2, 0.25) is 0 Å². The van der Waals surface area contributed by atoms with Gasteiger partial charge in [-0.15, -0.1) is 0 Å². The molecule has 1 unspecified atom stereocenters. The van der Waals surface area contributed by atoms with E-state index in [9.17, 15) is 4.79 Å². The van der Waals surface area contributed by atoms with E-state index < -0.39 is 5.91 Å². The summed E-state index contributed by atoms with van der Waals surface area (Å²) in [5.74, 6) is 4.95. The summed E-state index contributed by atoms with van der Waals surface area (Å²) in [6.45, 7) is 1.60. The van der Waals surface area contributed by atoms with Crippen molar-refractivity contribution in [3.05, 3.63) is 35.6 Å². The van der Waals surface area contributed by atoms with Gasteiger partial charge >= 0.3 is 5.91 Å². The number of nitrogens with two attached hydrogens (primary N) is 1. The van der Waals surface area contributed by atoms with Crippen LogP contribution in [0.3, 0.4) is 0 Å². The van der Waals surface area contributed by atoms with E-state index in [0.717, 1.165) is 24.8 Å². The molecule has 112 valence electrons. The van der Waals surface area contributed by atoms with Gasteiger partial charge in [-0.25, -0.2) is 5.84 Å². The Bertz CT molecular complexity index is 632. The van der Waals surface area contributed by atoms with Crippen molar-refractivity contribution in [3.63, 3.8) is 0 Å². The number of hydrogen-bond donors (Lipinski definition) is 2. The molecule has 1 aliphatic rings. The van der Waals surface area contributed by atoms with E-state index in [2.05, 4.69) is 5.43 Å². The average molecular weight is 290 g/mol. The molecular weight excluding hydrogens is 272 g/mol. The molecular formula is C15H18N2O4. The lowest BCUT2D eigenvalue weighted by atomic mass is 10.1. The first-order valence-corrected chi connectivity index (χ1v) is 7.00. The van der Waals surface area contributed by atoms with Gasteiger partial charge in [-0.3, -0.25) is 10.2 Å². The smallest absolute Gasteiger partial charge is 0.301 e. The van der Waals surface area contributed by atoms with Crippen molar-refractivity contribution >= 4 is 16.9 Å². The highest BCUT2D eigenvalue weighted by Gasteiger charge is 2.21. The number of ether oxygens (including phenoxy) is 2. The van der Waals surface area contributed by atoms with Gasteiger partial charge in [-0.05, 0) is 18.9 Å². The van der Waals surface area contributed by atoms with E-state index >= 15 is 0 Å². The summed E-state index contributed by atoms with van der Waals surface area (Å²) in [6.07, 6.45) is 2.24. The van der Waals surface area contributed by atoms with Crippen LogP contribution in [0.15, 0.2) is 28.7 Å². The third-order valence-electron chi connectivity index (χ3n) is 3.61. The normalized spacial score (nSPS) is 18.2. The molecule has 0 radical (unpaired) electrons. The zero-order valence-electron chi connectivity index (χ0n) is 11.6. The SMILES string of the molecule is NNC(=O)c1oc2ccccc2c1COCC1CCCO1. The van der Waals surface area contributed by atoms with Gasteiger partial charge in [0, 0.05) is 17.6 Å². The summed E-state index contributed by atoms with van der Waals surface area (Å²) in [7, 11) is 0. The Morgan fingerprint density at radius 2 is 2.29 bits per heavy atom. The summed E-state index contributed by atoms with van der Waals surface area (Å²) < 4.78 is 16.8. The van der Waals surface area contributed by atoms with E-state index in [1.807, 2.05) is 24.3 Å². The Balaban J connectivity index is 1.79. The molecule has 2 heterocycles. The fraction of sp³-hybridized carbons (Fsp3) is 0.400. The highest BCUT2D eigenvalue weighted by atomic mass is 16.5. The number of hydrogen-bond acceptors (Lipinski definition) is 5. The van der Waals surface area contributed by atoms with Crippen LogP contribution in [0.2, 0.25) is 0 Å². The molecule has 0 spiro atoms. The number of nitrogen functional groups attached to an aromatic ring is 1. The van der Waals surface area contributed by atoms with Crippen LogP contribution in [0.25, 0.3) is 11.0 Å². The van der Waals surface area contributed by atoms with Gasteiger partial charge in [-0.1, -0.05) is 18.2 Å². The number of carbonyl (C=O) groups excluding carboxylic acids is 1. The van der Waals surface area contributed by atoms with Crippen LogP contribution in [0.5, 0.6) is 0 Å². The third kappa shape index (κ3) is 2.92. The molecule has 1 saturated heterocycles. The number of hydrazine groups is 1. The summed E-state index contributed by atoms with van der Waals surface area (Å²) in [5.41, 5.74) is 3.46.